The van der Waals surface area contributed by atoms with Crippen molar-refractivity contribution < 1.29 is 0 Å². The molecule has 2 rings (SSSR count). The van der Waals surface area contributed by atoms with Gasteiger partial charge in [0.2, 0.25) is 0 Å². The minimum Gasteiger partial charge on any atom is -0.370 e. The molecule has 0 unspecified atom stereocenters. The maximum atomic E-state index is 5.92. The van der Waals surface area contributed by atoms with Crippen LogP contribution >= 0.6 is 0 Å². The van der Waals surface area contributed by atoms with Gasteiger partial charge in [-0.3, -0.25) is 4.98 Å². The Kier molecular flexibility index (Phi) is 3.21. The molecule has 1 atom stereocenters. The largest absolute Gasteiger partial charge is 0.370 e. The molecule has 0 amide bonds. The second-order valence-corrected chi connectivity index (χ2v) is 4.15. The number of hydrogen-bond acceptors (Lipinski definition) is 3. The molecule has 3 nitrogen and oxygen atoms in total. The number of nitrogens with two attached hydrogens (primary N) is 1. The van der Waals surface area contributed by atoms with Crippen molar-refractivity contribution in [2.24, 2.45) is 5.73 Å². The van der Waals surface area contributed by atoms with Crippen LogP contribution in [-0.4, -0.2) is 18.1 Å². The Hall–Kier alpha value is -1.09. The van der Waals surface area contributed by atoms with Crippen LogP contribution in [0.15, 0.2) is 18.3 Å². The van der Waals surface area contributed by atoms with Gasteiger partial charge in [0.05, 0.1) is 17.6 Å². The van der Waals surface area contributed by atoms with Crippen LogP contribution in [0.3, 0.4) is 0 Å². The summed E-state index contributed by atoms with van der Waals surface area (Å²) in [5.41, 5.74) is 8.16. The molecule has 0 spiro atoms. The maximum absolute atomic E-state index is 5.92. The molecule has 2 heterocycles. The Morgan fingerprint density at radius 3 is 2.67 bits per heavy atom. The second-order valence-electron chi connectivity index (χ2n) is 4.15. The fraction of sp³-hybridized carbons (Fsp3) is 0.583. The van der Waals surface area contributed by atoms with E-state index in [-0.39, 0.29) is 6.04 Å². The topological polar surface area (TPSA) is 42.1 Å². The molecule has 0 radical (unpaired) electrons. The molecule has 0 bridgehead atoms. The predicted octanol–water partition coefficient (Wildman–Crippen LogP) is 2.09. The standard InChI is InChI=1S/C12H19N3/c1-2-11(13)12-6-5-10(9-14-12)15-7-3-4-8-15/h5-6,9,11H,2-4,7-8,13H2,1H3/t11-/m1/s1. The molecule has 1 saturated heterocycles. The van der Waals surface area contributed by atoms with Crippen molar-refractivity contribution in [2.45, 2.75) is 32.2 Å². The van der Waals surface area contributed by atoms with Gasteiger partial charge >= 0.3 is 0 Å². The first-order valence-electron chi connectivity index (χ1n) is 5.77. The van der Waals surface area contributed by atoms with E-state index in [1.54, 1.807) is 0 Å². The predicted molar refractivity (Wildman–Crippen MR) is 62.9 cm³/mol. The van der Waals surface area contributed by atoms with Gasteiger partial charge in [0.25, 0.3) is 0 Å². The van der Waals surface area contributed by atoms with Crippen LogP contribution in [0.4, 0.5) is 5.69 Å². The maximum Gasteiger partial charge on any atom is 0.0572 e. The monoisotopic (exact) mass is 205 g/mol. The minimum absolute atomic E-state index is 0.0811. The molecule has 1 aliphatic heterocycles. The average molecular weight is 205 g/mol. The smallest absolute Gasteiger partial charge is 0.0572 e. The Morgan fingerprint density at radius 1 is 1.40 bits per heavy atom. The molecule has 0 aromatic carbocycles. The van der Waals surface area contributed by atoms with E-state index in [1.807, 2.05) is 6.20 Å². The first kappa shape index (κ1) is 10.4. The number of hydrogen-bond donors (Lipinski definition) is 1. The third kappa shape index (κ3) is 2.29. The molecule has 0 aliphatic carbocycles. The van der Waals surface area contributed by atoms with Crippen molar-refractivity contribution in [3.8, 4) is 0 Å². The summed E-state index contributed by atoms with van der Waals surface area (Å²) in [5, 5.41) is 0. The van der Waals surface area contributed by atoms with Crippen LogP contribution < -0.4 is 10.6 Å². The fourth-order valence-corrected chi connectivity index (χ4v) is 1.99. The van der Waals surface area contributed by atoms with Gasteiger partial charge in [0, 0.05) is 19.1 Å². The van der Waals surface area contributed by atoms with Crippen LogP contribution in [0, 0.1) is 0 Å². The Bertz CT molecular complexity index is 301. The van der Waals surface area contributed by atoms with Crippen molar-refractivity contribution in [3.63, 3.8) is 0 Å². The van der Waals surface area contributed by atoms with Crippen LogP contribution in [0.25, 0.3) is 0 Å². The number of nitrogens with zero attached hydrogens (tertiary/aromatic N) is 2. The number of rotatable bonds is 3. The van der Waals surface area contributed by atoms with Crippen LogP contribution in [-0.2, 0) is 0 Å². The first-order valence-corrected chi connectivity index (χ1v) is 5.77. The van der Waals surface area contributed by atoms with E-state index in [9.17, 15) is 0 Å². The number of aromatic nitrogens is 1. The normalized spacial score (nSPS) is 18.1. The summed E-state index contributed by atoms with van der Waals surface area (Å²) in [4.78, 5) is 6.81. The van der Waals surface area contributed by atoms with Crippen LogP contribution in [0.5, 0.6) is 0 Å². The van der Waals surface area contributed by atoms with Crippen molar-refractivity contribution in [2.75, 3.05) is 18.0 Å². The highest BCUT2D eigenvalue weighted by molar-refractivity contribution is 5.45. The summed E-state index contributed by atoms with van der Waals surface area (Å²) in [7, 11) is 0. The molecule has 15 heavy (non-hydrogen) atoms. The highest BCUT2D eigenvalue weighted by Gasteiger charge is 2.13. The van der Waals surface area contributed by atoms with Gasteiger partial charge < -0.3 is 10.6 Å². The van der Waals surface area contributed by atoms with E-state index in [4.69, 9.17) is 5.73 Å². The Morgan fingerprint density at radius 2 is 2.13 bits per heavy atom. The van der Waals surface area contributed by atoms with Gasteiger partial charge in [0.1, 0.15) is 0 Å². The van der Waals surface area contributed by atoms with Crippen molar-refractivity contribution >= 4 is 5.69 Å². The number of pyridine rings is 1. The summed E-state index contributed by atoms with van der Waals surface area (Å²) in [6.07, 6.45) is 5.50. The van der Waals surface area contributed by atoms with E-state index in [2.05, 4.69) is 28.9 Å². The summed E-state index contributed by atoms with van der Waals surface area (Å²) in [6, 6.07) is 4.28. The summed E-state index contributed by atoms with van der Waals surface area (Å²) < 4.78 is 0. The zero-order chi connectivity index (χ0) is 10.7. The lowest BCUT2D eigenvalue weighted by Crippen LogP contribution is -2.18. The average Bonchev–Trinajstić information content (AvgIpc) is 2.82. The third-order valence-electron chi connectivity index (χ3n) is 3.06. The molecule has 2 N–H and O–H groups in total. The van der Waals surface area contributed by atoms with Gasteiger partial charge in [-0.05, 0) is 31.4 Å². The van der Waals surface area contributed by atoms with Crippen LogP contribution in [0.1, 0.15) is 37.9 Å². The van der Waals surface area contributed by atoms with Gasteiger partial charge in [-0.1, -0.05) is 6.92 Å². The molecular formula is C12H19N3. The molecule has 1 aliphatic rings. The first-order chi connectivity index (χ1) is 7.31. The van der Waals surface area contributed by atoms with Crippen LogP contribution in [0.2, 0.25) is 0 Å². The molecule has 3 heteroatoms. The zero-order valence-corrected chi connectivity index (χ0v) is 9.32. The quantitative estimate of drug-likeness (QED) is 0.821. The Balaban J connectivity index is 2.09. The zero-order valence-electron chi connectivity index (χ0n) is 9.32. The lowest BCUT2D eigenvalue weighted by Gasteiger charge is -2.17. The molecular weight excluding hydrogens is 186 g/mol. The van der Waals surface area contributed by atoms with E-state index in [1.165, 1.54) is 31.6 Å². The fourth-order valence-electron chi connectivity index (χ4n) is 1.99. The molecule has 1 aromatic rings. The van der Waals surface area contributed by atoms with Gasteiger partial charge in [-0.15, -0.1) is 0 Å². The number of anilines is 1. The summed E-state index contributed by atoms with van der Waals surface area (Å²) >= 11 is 0. The minimum atomic E-state index is 0.0811. The van der Waals surface area contributed by atoms with Crippen molar-refractivity contribution in [1.29, 1.82) is 0 Å². The van der Waals surface area contributed by atoms with Gasteiger partial charge in [-0.25, -0.2) is 0 Å². The molecule has 82 valence electrons. The van der Waals surface area contributed by atoms with E-state index >= 15 is 0 Å². The highest BCUT2D eigenvalue weighted by Crippen LogP contribution is 2.20. The van der Waals surface area contributed by atoms with Gasteiger partial charge in [0.15, 0.2) is 0 Å². The SMILES string of the molecule is CC[C@@H](N)c1ccc(N2CCCC2)cn1. The lowest BCUT2D eigenvalue weighted by atomic mass is 10.1. The summed E-state index contributed by atoms with van der Waals surface area (Å²) in [5.74, 6) is 0. The summed E-state index contributed by atoms with van der Waals surface area (Å²) in [6.45, 7) is 4.42. The molecule has 0 saturated carbocycles. The van der Waals surface area contributed by atoms with Crippen molar-refractivity contribution in [3.05, 3.63) is 24.0 Å². The molecule has 1 fully saturated rings. The van der Waals surface area contributed by atoms with Crippen molar-refractivity contribution in [1.82, 2.24) is 4.98 Å². The highest BCUT2D eigenvalue weighted by atomic mass is 15.1. The third-order valence-corrected chi connectivity index (χ3v) is 3.06. The van der Waals surface area contributed by atoms with Gasteiger partial charge in [-0.2, -0.15) is 0 Å². The van der Waals surface area contributed by atoms with E-state index in [0.717, 1.165) is 12.1 Å². The molecule has 1 aromatic heterocycles. The van der Waals surface area contributed by atoms with E-state index < -0.39 is 0 Å². The Labute approximate surface area is 91.3 Å². The van der Waals surface area contributed by atoms with E-state index in [0.29, 0.717) is 0 Å². The second kappa shape index (κ2) is 4.62. The lowest BCUT2D eigenvalue weighted by molar-refractivity contribution is 0.675.